The molecule has 1 saturated heterocycles. The summed E-state index contributed by atoms with van der Waals surface area (Å²) in [4.78, 5) is 11.7. The molecule has 0 aromatic heterocycles. The summed E-state index contributed by atoms with van der Waals surface area (Å²) < 4.78 is 10.9. The fraction of sp³-hybridized carbons (Fsp3) is 0.533. The highest BCUT2D eigenvalue weighted by atomic mass is 16.6. The van der Waals surface area contributed by atoms with Crippen molar-refractivity contribution in [2.24, 2.45) is 0 Å². The lowest BCUT2D eigenvalue weighted by molar-refractivity contribution is 0.0277. The minimum Gasteiger partial charge on any atom is -0.444 e. The van der Waals surface area contributed by atoms with Gasteiger partial charge in [-0.05, 0) is 38.5 Å². The Kier molecular flexibility index (Phi) is 4.62. The van der Waals surface area contributed by atoms with Gasteiger partial charge in [-0.25, -0.2) is 4.79 Å². The molecule has 2 N–H and O–H groups in total. The van der Waals surface area contributed by atoms with Crippen LogP contribution in [0.15, 0.2) is 24.3 Å². The molecule has 1 aliphatic rings. The standard InChI is InChI=1S/C15H22N2O3/c1-15(2,3)20-14(18)17-12-6-4-5-11(9-12)13-10-16-7-8-19-13/h4-6,9,13,16H,7-8,10H2,1-3H3,(H,17,18). The van der Waals surface area contributed by atoms with E-state index < -0.39 is 11.7 Å². The summed E-state index contributed by atoms with van der Waals surface area (Å²) in [5.41, 5.74) is 1.26. The van der Waals surface area contributed by atoms with E-state index in [9.17, 15) is 4.79 Å². The molecule has 0 bridgehead atoms. The third-order valence-electron chi connectivity index (χ3n) is 2.83. The lowest BCUT2D eigenvalue weighted by atomic mass is 10.1. The van der Waals surface area contributed by atoms with Gasteiger partial charge in [-0.1, -0.05) is 12.1 Å². The number of benzene rings is 1. The second kappa shape index (κ2) is 6.24. The molecular formula is C15H22N2O3. The summed E-state index contributed by atoms with van der Waals surface area (Å²) >= 11 is 0. The van der Waals surface area contributed by atoms with Gasteiger partial charge in [0.15, 0.2) is 0 Å². The number of rotatable bonds is 2. The summed E-state index contributed by atoms with van der Waals surface area (Å²) in [7, 11) is 0. The predicted molar refractivity (Wildman–Crippen MR) is 77.9 cm³/mol. The molecule has 0 radical (unpaired) electrons. The number of carbonyl (C=O) groups is 1. The van der Waals surface area contributed by atoms with E-state index in [2.05, 4.69) is 10.6 Å². The molecule has 1 fully saturated rings. The molecule has 110 valence electrons. The van der Waals surface area contributed by atoms with Gasteiger partial charge in [0.2, 0.25) is 0 Å². The van der Waals surface area contributed by atoms with Gasteiger partial charge < -0.3 is 14.8 Å². The topological polar surface area (TPSA) is 59.6 Å². The van der Waals surface area contributed by atoms with Crippen LogP contribution in [0.3, 0.4) is 0 Å². The Morgan fingerprint density at radius 1 is 1.45 bits per heavy atom. The number of anilines is 1. The number of nitrogens with one attached hydrogen (secondary N) is 2. The van der Waals surface area contributed by atoms with Gasteiger partial charge in [-0.2, -0.15) is 0 Å². The molecule has 1 aromatic carbocycles. The van der Waals surface area contributed by atoms with Crippen molar-refractivity contribution in [3.63, 3.8) is 0 Å². The Balaban J connectivity index is 2.00. The lowest BCUT2D eigenvalue weighted by Crippen LogP contribution is -2.33. The van der Waals surface area contributed by atoms with Crippen molar-refractivity contribution < 1.29 is 14.3 Å². The van der Waals surface area contributed by atoms with Crippen LogP contribution in [0.5, 0.6) is 0 Å². The van der Waals surface area contributed by atoms with Crippen molar-refractivity contribution in [1.29, 1.82) is 0 Å². The average molecular weight is 278 g/mol. The number of hydrogen-bond donors (Lipinski definition) is 2. The number of morpholine rings is 1. The molecule has 0 spiro atoms. The summed E-state index contributed by atoms with van der Waals surface area (Å²) in [6.07, 6.45) is -0.415. The number of amides is 1. The summed E-state index contributed by atoms with van der Waals surface area (Å²) in [5, 5.41) is 6.03. The Morgan fingerprint density at radius 3 is 2.90 bits per heavy atom. The van der Waals surface area contributed by atoms with Crippen LogP contribution >= 0.6 is 0 Å². The highest BCUT2D eigenvalue weighted by Crippen LogP contribution is 2.22. The maximum Gasteiger partial charge on any atom is 0.412 e. The van der Waals surface area contributed by atoms with Crippen molar-refractivity contribution >= 4 is 11.8 Å². The van der Waals surface area contributed by atoms with Crippen LogP contribution in [0.2, 0.25) is 0 Å². The molecule has 1 heterocycles. The summed E-state index contributed by atoms with van der Waals surface area (Å²) in [5.74, 6) is 0. The molecule has 1 unspecified atom stereocenters. The first kappa shape index (κ1) is 14.8. The van der Waals surface area contributed by atoms with Gasteiger partial charge in [0.1, 0.15) is 5.60 Å². The molecule has 5 nitrogen and oxygen atoms in total. The smallest absolute Gasteiger partial charge is 0.412 e. The van der Waals surface area contributed by atoms with E-state index in [1.165, 1.54) is 0 Å². The van der Waals surface area contributed by atoms with Gasteiger partial charge in [0.25, 0.3) is 0 Å². The first-order valence-electron chi connectivity index (χ1n) is 6.86. The predicted octanol–water partition coefficient (Wildman–Crippen LogP) is 2.69. The molecule has 0 saturated carbocycles. The first-order valence-corrected chi connectivity index (χ1v) is 6.86. The van der Waals surface area contributed by atoms with Crippen LogP contribution < -0.4 is 10.6 Å². The summed E-state index contributed by atoms with van der Waals surface area (Å²) in [6.45, 7) is 7.89. The van der Waals surface area contributed by atoms with E-state index in [0.29, 0.717) is 12.3 Å². The van der Waals surface area contributed by atoms with Crippen molar-refractivity contribution in [3.8, 4) is 0 Å². The molecule has 1 atom stereocenters. The second-order valence-corrected chi connectivity index (χ2v) is 5.82. The zero-order valence-electron chi connectivity index (χ0n) is 12.2. The Morgan fingerprint density at radius 2 is 2.25 bits per heavy atom. The van der Waals surface area contributed by atoms with Gasteiger partial charge in [-0.3, -0.25) is 5.32 Å². The van der Waals surface area contributed by atoms with E-state index in [1.807, 2.05) is 45.0 Å². The molecule has 5 heteroatoms. The van der Waals surface area contributed by atoms with Crippen LogP contribution in [-0.2, 0) is 9.47 Å². The van der Waals surface area contributed by atoms with Gasteiger partial charge >= 0.3 is 6.09 Å². The Hall–Kier alpha value is -1.59. The van der Waals surface area contributed by atoms with Crippen LogP contribution in [0.25, 0.3) is 0 Å². The fourth-order valence-electron chi connectivity index (χ4n) is 2.02. The molecule has 1 aromatic rings. The van der Waals surface area contributed by atoms with E-state index >= 15 is 0 Å². The fourth-order valence-corrected chi connectivity index (χ4v) is 2.02. The molecule has 1 amide bonds. The van der Waals surface area contributed by atoms with Crippen molar-refractivity contribution in [2.45, 2.75) is 32.5 Å². The Bertz CT molecular complexity index is 462. The first-order chi connectivity index (χ1) is 9.44. The monoisotopic (exact) mass is 278 g/mol. The zero-order chi connectivity index (χ0) is 14.6. The maximum absolute atomic E-state index is 11.7. The van der Waals surface area contributed by atoms with Crippen LogP contribution in [0.1, 0.15) is 32.4 Å². The highest BCUT2D eigenvalue weighted by molar-refractivity contribution is 5.84. The van der Waals surface area contributed by atoms with E-state index in [1.54, 1.807) is 0 Å². The van der Waals surface area contributed by atoms with E-state index in [4.69, 9.17) is 9.47 Å². The maximum atomic E-state index is 11.7. The number of carbonyl (C=O) groups excluding carboxylic acids is 1. The van der Waals surface area contributed by atoms with Crippen LogP contribution in [-0.4, -0.2) is 31.4 Å². The molecule has 0 aliphatic carbocycles. The SMILES string of the molecule is CC(C)(C)OC(=O)Nc1cccc(C2CNCCO2)c1. The van der Waals surface area contributed by atoms with Gasteiger partial charge in [0, 0.05) is 18.8 Å². The third-order valence-corrected chi connectivity index (χ3v) is 2.83. The van der Waals surface area contributed by atoms with Crippen LogP contribution in [0.4, 0.5) is 10.5 Å². The zero-order valence-corrected chi connectivity index (χ0v) is 12.2. The molecular weight excluding hydrogens is 256 g/mol. The normalized spacial score (nSPS) is 19.4. The largest absolute Gasteiger partial charge is 0.444 e. The highest BCUT2D eigenvalue weighted by Gasteiger charge is 2.18. The molecule has 2 rings (SSSR count). The quantitative estimate of drug-likeness (QED) is 0.873. The van der Waals surface area contributed by atoms with Crippen molar-refractivity contribution in [3.05, 3.63) is 29.8 Å². The third kappa shape index (κ3) is 4.51. The van der Waals surface area contributed by atoms with Crippen molar-refractivity contribution in [1.82, 2.24) is 5.32 Å². The van der Waals surface area contributed by atoms with Crippen LogP contribution in [0, 0.1) is 0 Å². The van der Waals surface area contributed by atoms with Gasteiger partial charge in [0.05, 0.1) is 12.7 Å². The van der Waals surface area contributed by atoms with Gasteiger partial charge in [-0.15, -0.1) is 0 Å². The average Bonchev–Trinajstić information content (AvgIpc) is 2.38. The second-order valence-electron chi connectivity index (χ2n) is 5.82. The van der Waals surface area contributed by atoms with E-state index in [-0.39, 0.29) is 6.10 Å². The van der Waals surface area contributed by atoms with Crippen molar-refractivity contribution in [2.75, 3.05) is 25.0 Å². The summed E-state index contributed by atoms with van der Waals surface area (Å²) in [6, 6.07) is 7.66. The van der Waals surface area contributed by atoms with E-state index in [0.717, 1.165) is 18.7 Å². The molecule has 20 heavy (non-hydrogen) atoms. The minimum atomic E-state index is -0.502. The molecule has 1 aliphatic heterocycles. The minimum absolute atomic E-state index is 0.0316. The number of ether oxygens (including phenoxy) is 2. The Labute approximate surface area is 119 Å². The number of hydrogen-bond acceptors (Lipinski definition) is 4. The lowest BCUT2D eigenvalue weighted by Gasteiger charge is -2.24.